The predicted octanol–water partition coefficient (Wildman–Crippen LogP) is 6.78. The molecule has 25 heavy (non-hydrogen) atoms. The minimum absolute atomic E-state index is 0.0585. The Labute approximate surface area is 156 Å². The van der Waals surface area contributed by atoms with Gasteiger partial charge in [0.05, 0.1) is 15.2 Å². The molecule has 0 radical (unpaired) electrons. The molecule has 1 unspecified atom stereocenters. The molecule has 1 atom stereocenters. The lowest BCUT2D eigenvalue weighted by atomic mass is 9.74. The molecule has 1 aromatic carbocycles. The van der Waals surface area contributed by atoms with Gasteiger partial charge in [-0.1, -0.05) is 90.2 Å². The lowest BCUT2D eigenvalue weighted by Crippen LogP contribution is -2.26. The van der Waals surface area contributed by atoms with Crippen molar-refractivity contribution in [3.8, 4) is 5.75 Å². The number of rotatable bonds is 4. The highest BCUT2D eigenvalue weighted by atomic mass is 28.3. The summed E-state index contributed by atoms with van der Waals surface area (Å²) < 4.78 is 5.96. The van der Waals surface area contributed by atoms with Gasteiger partial charge in [-0.2, -0.15) is 0 Å². The lowest BCUT2D eigenvalue weighted by molar-refractivity contribution is 0.384. The fraction of sp³-hybridized carbons (Fsp3) is 0.565. The van der Waals surface area contributed by atoms with Crippen molar-refractivity contribution in [3.63, 3.8) is 0 Å². The van der Waals surface area contributed by atoms with Gasteiger partial charge in [-0.3, -0.25) is 0 Å². The molecule has 0 amide bonds. The van der Waals surface area contributed by atoms with E-state index in [9.17, 15) is 0 Å². The molecule has 138 valence electrons. The molecule has 0 bridgehead atoms. The average Bonchev–Trinajstić information content (AvgIpc) is 2.96. The van der Waals surface area contributed by atoms with Gasteiger partial charge in [0, 0.05) is 16.5 Å². The van der Waals surface area contributed by atoms with Crippen LogP contribution >= 0.6 is 0 Å². The molecule has 0 saturated heterocycles. The SMILES string of the molecule is COc1c(C(C)(C)C)cc(C)cc1C(C)(C)C1=CC([Si](C)(C)C)C=C1. The first kappa shape index (κ1) is 20.0. The van der Waals surface area contributed by atoms with Crippen LogP contribution in [-0.4, -0.2) is 15.2 Å². The zero-order valence-corrected chi connectivity index (χ0v) is 18.9. The van der Waals surface area contributed by atoms with Crippen LogP contribution in [0, 0.1) is 6.92 Å². The summed E-state index contributed by atoms with van der Waals surface area (Å²) in [6.07, 6.45) is 7.27. The van der Waals surface area contributed by atoms with Crippen LogP contribution < -0.4 is 4.74 Å². The Kier molecular flexibility index (Phi) is 5.18. The molecule has 0 saturated carbocycles. The second-order valence-electron chi connectivity index (χ2n) is 10.1. The van der Waals surface area contributed by atoms with Gasteiger partial charge in [-0.05, 0) is 23.5 Å². The highest BCUT2D eigenvalue weighted by Gasteiger charge is 2.35. The molecule has 2 rings (SSSR count). The molecule has 1 nitrogen and oxygen atoms in total. The van der Waals surface area contributed by atoms with Crippen LogP contribution in [-0.2, 0) is 10.8 Å². The van der Waals surface area contributed by atoms with Gasteiger partial charge in [0.15, 0.2) is 0 Å². The Balaban J connectivity index is 2.61. The average molecular weight is 357 g/mol. The highest BCUT2D eigenvalue weighted by molar-refractivity contribution is 6.78. The zero-order valence-electron chi connectivity index (χ0n) is 17.9. The van der Waals surface area contributed by atoms with E-state index in [1.807, 2.05) is 7.11 Å². The van der Waals surface area contributed by atoms with Crippen molar-refractivity contribution < 1.29 is 4.74 Å². The molecule has 0 aliphatic heterocycles. The third-order valence-electron chi connectivity index (χ3n) is 5.48. The van der Waals surface area contributed by atoms with E-state index >= 15 is 0 Å². The van der Waals surface area contributed by atoms with Gasteiger partial charge in [0.2, 0.25) is 0 Å². The van der Waals surface area contributed by atoms with Crippen molar-refractivity contribution in [2.75, 3.05) is 7.11 Å². The van der Waals surface area contributed by atoms with Crippen LogP contribution in [0.2, 0.25) is 25.2 Å². The summed E-state index contributed by atoms with van der Waals surface area (Å²) >= 11 is 0. The predicted molar refractivity (Wildman–Crippen MR) is 114 cm³/mol. The molecule has 1 aromatic rings. The molecule has 1 aliphatic rings. The number of methoxy groups -OCH3 is 1. The summed E-state index contributed by atoms with van der Waals surface area (Å²) in [6.45, 7) is 21.0. The van der Waals surface area contributed by atoms with E-state index in [0.717, 1.165) is 5.75 Å². The van der Waals surface area contributed by atoms with Crippen molar-refractivity contribution in [2.45, 2.75) is 77.6 Å². The van der Waals surface area contributed by atoms with Crippen LogP contribution in [0.25, 0.3) is 0 Å². The van der Waals surface area contributed by atoms with Crippen LogP contribution in [0.5, 0.6) is 5.75 Å². The van der Waals surface area contributed by atoms with Gasteiger partial charge in [0.25, 0.3) is 0 Å². The second-order valence-corrected chi connectivity index (χ2v) is 15.5. The topological polar surface area (TPSA) is 9.23 Å². The second kappa shape index (κ2) is 6.46. The number of hydrogen-bond acceptors (Lipinski definition) is 1. The monoisotopic (exact) mass is 356 g/mol. The molecule has 0 fully saturated rings. The third-order valence-corrected chi connectivity index (χ3v) is 7.84. The summed E-state index contributed by atoms with van der Waals surface area (Å²) in [5.74, 6) is 1.05. The Morgan fingerprint density at radius 2 is 1.52 bits per heavy atom. The van der Waals surface area contributed by atoms with Gasteiger partial charge < -0.3 is 4.74 Å². The molecule has 1 aliphatic carbocycles. The first-order valence-corrected chi connectivity index (χ1v) is 13.0. The Morgan fingerprint density at radius 1 is 0.960 bits per heavy atom. The number of benzene rings is 1. The quantitative estimate of drug-likeness (QED) is 0.540. The summed E-state index contributed by atoms with van der Waals surface area (Å²) in [7, 11) is 0.595. The van der Waals surface area contributed by atoms with E-state index < -0.39 is 8.07 Å². The third kappa shape index (κ3) is 3.94. The summed E-state index contributed by atoms with van der Waals surface area (Å²) in [4.78, 5) is 0. The number of allylic oxidation sites excluding steroid dienone is 4. The van der Waals surface area contributed by atoms with E-state index in [1.54, 1.807) is 0 Å². The molecule has 0 heterocycles. The molecule has 0 spiro atoms. The fourth-order valence-corrected chi connectivity index (χ4v) is 4.99. The first-order chi connectivity index (χ1) is 11.3. The van der Waals surface area contributed by atoms with Crippen molar-refractivity contribution in [3.05, 3.63) is 52.6 Å². The largest absolute Gasteiger partial charge is 0.496 e. The maximum absolute atomic E-state index is 5.96. The summed E-state index contributed by atoms with van der Waals surface area (Å²) in [5.41, 5.74) is 5.93. The highest BCUT2D eigenvalue weighted by Crippen LogP contribution is 2.46. The maximum atomic E-state index is 5.96. The number of hydrogen-bond donors (Lipinski definition) is 0. The minimum atomic E-state index is -1.21. The van der Waals surface area contributed by atoms with E-state index in [4.69, 9.17) is 4.74 Å². The fourth-order valence-electron chi connectivity index (χ4n) is 3.64. The zero-order chi connectivity index (χ0) is 19.2. The summed E-state index contributed by atoms with van der Waals surface area (Å²) in [5, 5.41) is 0. The van der Waals surface area contributed by atoms with E-state index in [1.165, 1.54) is 22.3 Å². The van der Waals surface area contributed by atoms with Gasteiger partial charge in [0.1, 0.15) is 5.75 Å². The van der Waals surface area contributed by atoms with Crippen LogP contribution in [0.1, 0.15) is 51.3 Å². The Morgan fingerprint density at radius 3 is 1.96 bits per heavy atom. The van der Waals surface area contributed by atoms with E-state index in [2.05, 4.69) is 91.5 Å². The van der Waals surface area contributed by atoms with Gasteiger partial charge in [-0.15, -0.1) is 0 Å². The van der Waals surface area contributed by atoms with Crippen molar-refractivity contribution in [2.24, 2.45) is 0 Å². The molecular formula is C23H36OSi. The molecule has 0 aromatic heterocycles. The van der Waals surface area contributed by atoms with Gasteiger partial charge >= 0.3 is 0 Å². The normalized spacial score (nSPS) is 18.5. The minimum Gasteiger partial charge on any atom is -0.496 e. The summed E-state index contributed by atoms with van der Waals surface area (Å²) in [6, 6.07) is 4.59. The smallest absolute Gasteiger partial charge is 0.126 e. The van der Waals surface area contributed by atoms with E-state index in [0.29, 0.717) is 5.54 Å². The van der Waals surface area contributed by atoms with Crippen LogP contribution in [0.3, 0.4) is 0 Å². The lowest BCUT2D eigenvalue weighted by Gasteiger charge is -2.33. The standard InChI is InChI=1S/C23H36OSi/c1-16-13-19(22(2,3)4)21(24-7)20(14-16)23(5,6)17-11-12-18(15-17)25(8,9)10/h11-15,18H,1-10H3. The number of aryl methyl sites for hydroxylation is 1. The molecule has 0 N–H and O–H groups in total. The first-order valence-electron chi connectivity index (χ1n) is 9.38. The Bertz CT molecular complexity index is 709. The number of ether oxygens (including phenoxy) is 1. The van der Waals surface area contributed by atoms with Crippen molar-refractivity contribution >= 4 is 8.07 Å². The van der Waals surface area contributed by atoms with Crippen molar-refractivity contribution in [1.82, 2.24) is 0 Å². The van der Waals surface area contributed by atoms with Crippen LogP contribution in [0.4, 0.5) is 0 Å². The van der Waals surface area contributed by atoms with Gasteiger partial charge in [-0.25, -0.2) is 0 Å². The van der Waals surface area contributed by atoms with Crippen LogP contribution in [0.15, 0.2) is 35.9 Å². The molecule has 2 heteroatoms. The maximum Gasteiger partial charge on any atom is 0.126 e. The Hall–Kier alpha value is -1.28. The van der Waals surface area contributed by atoms with Crippen molar-refractivity contribution in [1.29, 1.82) is 0 Å². The molecular weight excluding hydrogens is 320 g/mol. The van der Waals surface area contributed by atoms with E-state index in [-0.39, 0.29) is 10.8 Å².